The highest BCUT2D eigenvalue weighted by atomic mass is 32.1. The number of benzene rings is 2. The third kappa shape index (κ3) is 4.89. The van der Waals surface area contributed by atoms with E-state index in [2.05, 4.69) is 20.6 Å². The molecular formula is C22H20N4O2S. The number of carbonyl (C=O) groups is 2. The van der Waals surface area contributed by atoms with Crippen LogP contribution in [0, 0.1) is 0 Å². The number of hydrogen-bond donors (Lipinski definition) is 3. The van der Waals surface area contributed by atoms with Gasteiger partial charge in [0.15, 0.2) is 0 Å². The van der Waals surface area contributed by atoms with Crippen molar-refractivity contribution >= 4 is 45.6 Å². The number of carbonyl (C=O) groups excluding carboxylic acids is 2. The van der Waals surface area contributed by atoms with Crippen LogP contribution in [0.15, 0.2) is 66.0 Å². The third-order valence-corrected chi connectivity index (χ3v) is 5.27. The minimum Gasteiger partial charge on any atom is -0.342 e. The minimum absolute atomic E-state index is 0.0668. The predicted octanol–water partition coefficient (Wildman–Crippen LogP) is 4.84. The van der Waals surface area contributed by atoms with Crippen molar-refractivity contribution in [2.45, 2.75) is 19.3 Å². The van der Waals surface area contributed by atoms with Gasteiger partial charge >= 0.3 is 0 Å². The maximum atomic E-state index is 12.3. The zero-order valence-electron chi connectivity index (χ0n) is 15.6. The van der Waals surface area contributed by atoms with E-state index in [1.54, 1.807) is 30.3 Å². The number of fused-ring (bicyclic) bond motifs is 1. The molecule has 146 valence electrons. The van der Waals surface area contributed by atoms with Crippen molar-refractivity contribution in [1.82, 2.24) is 9.97 Å². The Kier molecular flexibility index (Phi) is 5.67. The van der Waals surface area contributed by atoms with Crippen molar-refractivity contribution in [3.63, 3.8) is 0 Å². The molecule has 0 spiro atoms. The Morgan fingerprint density at radius 3 is 2.59 bits per heavy atom. The molecule has 0 fully saturated rings. The summed E-state index contributed by atoms with van der Waals surface area (Å²) in [5, 5.41) is 7.59. The number of para-hydroxylation sites is 2. The maximum absolute atomic E-state index is 12.3. The zero-order chi connectivity index (χ0) is 20.1. The second kappa shape index (κ2) is 8.70. The normalized spacial score (nSPS) is 10.8. The number of imidazole rings is 1. The van der Waals surface area contributed by atoms with Crippen molar-refractivity contribution in [1.29, 1.82) is 0 Å². The average Bonchev–Trinajstić information content (AvgIpc) is 3.38. The lowest BCUT2D eigenvalue weighted by molar-refractivity contribution is -0.116. The number of nitrogens with one attached hydrogen (secondary N) is 3. The summed E-state index contributed by atoms with van der Waals surface area (Å²) in [6, 6.07) is 18.6. The molecular weight excluding hydrogens is 384 g/mol. The minimum atomic E-state index is -0.158. The van der Waals surface area contributed by atoms with Crippen LogP contribution in [0.4, 0.5) is 11.4 Å². The first kappa shape index (κ1) is 18.9. The molecule has 0 radical (unpaired) electrons. The lowest BCUT2D eigenvalue weighted by atomic mass is 10.2. The summed E-state index contributed by atoms with van der Waals surface area (Å²) in [5.41, 5.74) is 3.24. The number of anilines is 2. The largest absolute Gasteiger partial charge is 0.342 e. The number of aromatic amines is 1. The number of amides is 2. The molecule has 2 heterocycles. The molecule has 0 aliphatic carbocycles. The average molecular weight is 404 g/mol. The lowest BCUT2D eigenvalue weighted by Gasteiger charge is -2.08. The van der Waals surface area contributed by atoms with Gasteiger partial charge in [-0.15, -0.1) is 11.3 Å². The second-order valence-corrected chi connectivity index (χ2v) is 7.56. The third-order valence-electron chi connectivity index (χ3n) is 4.41. The van der Waals surface area contributed by atoms with Gasteiger partial charge in [-0.3, -0.25) is 9.59 Å². The maximum Gasteiger partial charge on any atom is 0.265 e. The van der Waals surface area contributed by atoms with E-state index >= 15 is 0 Å². The molecule has 0 saturated heterocycles. The number of aryl methyl sites for hydroxylation is 1. The molecule has 2 aromatic carbocycles. The standard InChI is InChI=1S/C22H20N4O2S/c27-21(12-4-11-20-25-17-8-1-2-9-18(17)26-20)23-15-6-3-7-16(14-15)24-22(28)19-10-5-13-29-19/h1-3,5-10,13-14H,4,11-12H2,(H,23,27)(H,24,28)(H,25,26). The summed E-state index contributed by atoms with van der Waals surface area (Å²) in [4.78, 5) is 32.9. The van der Waals surface area contributed by atoms with Gasteiger partial charge in [0.2, 0.25) is 5.91 Å². The summed E-state index contributed by atoms with van der Waals surface area (Å²) in [5.74, 6) is 0.662. The molecule has 7 heteroatoms. The molecule has 4 aromatic rings. The highest BCUT2D eigenvalue weighted by Gasteiger charge is 2.09. The van der Waals surface area contributed by atoms with Crippen LogP contribution >= 0.6 is 11.3 Å². The van der Waals surface area contributed by atoms with E-state index < -0.39 is 0 Å². The Hall–Kier alpha value is -3.45. The van der Waals surface area contributed by atoms with E-state index in [1.165, 1.54) is 11.3 Å². The Balaban J connectivity index is 1.28. The van der Waals surface area contributed by atoms with Gasteiger partial charge in [-0.2, -0.15) is 0 Å². The fourth-order valence-corrected chi connectivity index (χ4v) is 3.66. The van der Waals surface area contributed by atoms with Crippen LogP contribution in [-0.2, 0) is 11.2 Å². The lowest BCUT2D eigenvalue weighted by Crippen LogP contribution is -2.13. The Morgan fingerprint density at radius 2 is 1.79 bits per heavy atom. The van der Waals surface area contributed by atoms with Crippen LogP contribution in [0.5, 0.6) is 0 Å². The molecule has 0 bridgehead atoms. The van der Waals surface area contributed by atoms with Crippen LogP contribution in [0.25, 0.3) is 11.0 Å². The Morgan fingerprint density at radius 1 is 0.966 bits per heavy atom. The SMILES string of the molecule is O=C(CCCc1nc2ccccc2[nH]1)Nc1cccc(NC(=O)c2cccs2)c1. The van der Waals surface area contributed by atoms with E-state index in [9.17, 15) is 9.59 Å². The summed E-state index contributed by atoms with van der Waals surface area (Å²) in [6.45, 7) is 0. The van der Waals surface area contributed by atoms with Gasteiger partial charge in [0.25, 0.3) is 5.91 Å². The van der Waals surface area contributed by atoms with Crippen molar-refractivity contribution < 1.29 is 9.59 Å². The molecule has 29 heavy (non-hydrogen) atoms. The van der Waals surface area contributed by atoms with Crippen molar-refractivity contribution in [3.8, 4) is 0 Å². The van der Waals surface area contributed by atoms with Gasteiger partial charge in [0, 0.05) is 24.2 Å². The summed E-state index contributed by atoms with van der Waals surface area (Å²) in [6.07, 6.45) is 1.79. The quantitative estimate of drug-likeness (QED) is 0.412. The van der Waals surface area contributed by atoms with E-state index in [1.807, 2.05) is 35.7 Å². The number of rotatable bonds is 7. The Bertz CT molecular complexity index is 1100. The number of aromatic nitrogens is 2. The summed E-state index contributed by atoms with van der Waals surface area (Å²) >= 11 is 1.38. The van der Waals surface area contributed by atoms with E-state index in [4.69, 9.17) is 0 Å². The molecule has 0 saturated carbocycles. The first-order valence-corrected chi connectivity index (χ1v) is 10.2. The molecule has 4 rings (SSSR count). The van der Waals surface area contributed by atoms with Gasteiger partial charge in [-0.05, 0) is 48.2 Å². The Labute approximate surface area is 172 Å². The number of thiophene rings is 1. The van der Waals surface area contributed by atoms with Crippen LogP contribution in [-0.4, -0.2) is 21.8 Å². The van der Waals surface area contributed by atoms with E-state index in [-0.39, 0.29) is 11.8 Å². The van der Waals surface area contributed by atoms with Gasteiger partial charge in [0.1, 0.15) is 5.82 Å². The smallest absolute Gasteiger partial charge is 0.265 e. The highest BCUT2D eigenvalue weighted by Crippen LogP contribution is 2.18. The van der Waals surface area contributed by atoms with Gasteiger partial charge in [-0.1, -0.05) is 24.3 Å². The molecule has 0 atom stereocenters. The molecule has 2 aromatic heterocycles. The molecule has 0 aliphatic heterocycles. The summed E-state index contributed by atoms with van der Waals surface area (Å²) in [7, 11) is 0. The topological polar surface area (TPSA) is 86.9 Å². The highest BCUT2D eigenvalue weighted by molar-refractivity contribution is 7.12. The van der Waals surface area contributed by atoms with Gasteiger partial charge in [0.05, 0.1) is 15.9 Å². The number of H-pyrrole nitrogens is 1. The fourth-order valence-electron chi connectivity index (χ4n) is 3.04. The van der Waals surface area contributed by atoms with E-state index in [0.717, 1.165) is 16.9 Å². The van der Waals surface area contributed by atoms with Crippen LogP contribution in [0.1, 0.15) is 28.3 Å². The molecule has 3 N–H and O–H groups in total. The first-order chi connectivity index (χ1) is 14.2. The fraction of sp³-hybridized carbons (Fsp3) is 0.136. The van der Waals surface area contributed by atoms with Crippen molar-refractivity contribution in [3.05, 3.63) is 76.7 Å². The zero-order valence-corrected chi connectivity index (χ0v) is 16.5. The van der Waals surface area contributed by atoms with Crippen molar-refractivity contribution in [2.75, 3.05) is 10.6 Å². The monoisotopic (exact) mass is 404 g/mol. The second-order valence-electron chi connectivity index (χ2n) is 6.61. The van der Waals surface area contributed by atoms with Crippen LogP contribution in [0.2, 0.25) is 0 Å². The van der Waals surface area contributed by atoms with E-state index in [0.29, 0.717) is 35.5 Å². The summed E-state index contributed by atoms with van der Waals surface area (Å²) < 4.78 is 0. The van der Waals surface area contributed by atoms with Gasteiger partial charge < -0.3 is 15.6 Å². The molecule has 0 unspecified atom stereocenters. The van der Waals surface area contributed by atoms with Crippen LogP contribution < -0.4 is 10.6 Å². The molecule has 6 nitrogen and oxygen atoms in total. The van der Waals surface area contributed by atoms with Crippen molar-refractivity contribution in [2.24, 2.45) is 0 Å². The number of nitrogens with zero attached hydrogens (tertiary/aromatic N) is 1. The molecule has 0 aliphatic rings. The molecule has 2 amide bonds. The number of hydrogen-bond acceptors (Lipinski definition) is 4. The van der Waals surface area contributed by atoms with Crippen LogP contribution in [0.3, 0.4) is 0 Å². The predicted molar refractivity (Wildman–Crippen MR) is 116 cm³/mol. The van der Waals surface area contributed by atoms with Gasteiger partial charge in [-0.25, -0.2) is 4.98 Å². The first-order valence-electron chi connectivity index (χ1n) is 9.36.